The number of halogens is 1. The van der Waals surface area contributed by atoms with Crippen LogP contribution in [0.25, 0.3) is 0 Å². The van der Waals surface area contributed by atoms with Crippen LogP contribution in [0.1, 0.15) is 12.8 Å². The highest BCUT2D eigenvalue weighted by molar-refractivity contribution is 5.90. The van der Waals surface area contributed by atoms with Gasteiger partial charge in [0.1, 0.15) is 6.61 Å². The Hall–Kier alpha value is -1.07. The summed E-state index contributed by atoms with van der Waals surface area (Å²) in [5, 5.41) is 8.26. The van der Waals surface area contributed by atoms with Crippen molar-refractivity contribution in [3.63, 3.8) is 0 Å². The topological polar surface area (TPSA) is 66.8 Å². The maximum Gasteiger partial charge on any atom is 0.331 e. The number of carbonyl (C=O) groups excluding carboxylic acids is 1. The van der Waals surface area contributed by atoms with Crippen LogP contribution in [0.4, 0.5) is 0 Å². The Kier molecular flexibility index (Phi) is 7.58. The average Bonchev–Trinajstić information content (AvgIpc) is 2.67. The van der Waals surface area contributed by atoms with Crippen molar-refractivity contribution in [2.75, 3.05) is 26.2 Å². The molecular formula is C10H16ClNO4. The summed E-state index contributed by atoms with van der Waals surface area (Å²) in [5.74, 6) is -1.75. The van der Waals surface area contributed by atoms with Crippen LogP contribution in [-0.2, 0) is 14.3 Å². The fourth-order valence-corrected chi connectivity index (χ4v) is 1.47. The van der Waals surface area contributed by atoms with Crippen LogP contribution in [0.3, 0.4) is 0 Å². The van der Waals surface area contributed by atoms with E-state index in [2.05, 4.69) is 4.90 Å². The standard InChI is InChI=1S/C10H15NO4.ClH/c12-9(13)3-4-10(14)15-8-7-11-5-1-2-6-11;/h3-4H,1-2,5-8H2,(H,12,13);1H/b4-3+;. The highest BCUT2D eigenvalue weighted by Gasteiger charge is 2.11. The van der Waals surface area contributed by atoms with Crippen LogP contribution in [-0.4, -0.2) is 48.2 Å². The lowest BCUT2D eigenvalue weighted by Crippen LogP contribution is -2.24. The number of rotatable bonds is 5. The molecule has 1 aliphatic rings. The van der Waals surface area contributed by atoms with Crippen LogP contribution in [0.2, 0.25) is 0 Å². The molecule has 0 aromatic rings. The van der Waals surface area contributed by atoms with E-state index < -0.39 is 11.9 Å². The van der Waals surface area contributed by atoms with E-state index >= 15 is 0 Å². The van der Waals surface area contributed by atoms with E-state index in [1.54, 1.807) is 0 Å². The number of aliphatic carboxylic acids is 1. The number of carboxylic acid groups (broad SMARTS) is 1. The Morgan fingerprint density at radius 1 is 1.25 bits per heavy atom. The molecule has 0 radical (unpaired) electrons. The first-order valence-corrected chi connectivity index (χ1v) is 4.98. The predicted molar refractivity (Wildman–Crippen MR) is 60.7 cm³/mol. The van der Waals surface area contributed by atoms with Crippen LogP contribution in [0, 0.1) is 0 Å². The van der Waals surface area contributed by atoms with Gasteiger partial charge >= 0.3 is 11.9 Å². The Morgan fingerprint density at radius 2 is 1.88 bits per heavy atom. The monoisotopic (exact) mass is 249 g/mol. The SMILES string of the molecule is Cl.O=C(O)/C=C/C(=O)OCCN1CCCC1. The zero-order chi connectivity index (χ0) is 11.1. The predicted octanol–water partition coefficient (Wildman–Crippen LogP) is 0.688. The van der Waals surface area contributed by atoms with Crippen LogP contribution < -0.4 is 0 Å². The molecule has 0 unspecified atom stereocenters. The number of esters is 1. The van der Waals surface area contributed by atoms with Gasteiger partial charge < -0.3 is 9.84 Å². The molecule has 6 heteroatoms. The van der Waals surface area contributed by atoms with Crippen LogP contribution in [0.15, 0.2) is 12.2 Å². The molecule has 1 saturated heterocycles. The Morgan fingerprint density at radius 3 is 2.44 bits per heavy atom. The molecule has 16 heavy (non-hydrogen) atoms. The maximum atomic E-state index is 10.9. The van der Waals surface area contributed by atoms with Crippen molar-refractivity contribution in [3.05, 3.63) is 12.2 Å². The first-order valence-electron chi connectivity index (χ1n) is 4.98. The second-order valence-electron chi connectivity index (χ2n) is 3.39. The van der Waals surface area contributed by atoms with E-state index in [1.807, 2.05) is 0 Å². The molecule has 92 valence electrons. The van der Waals surface area contributed by atoms with Gasteiger partial charge in [-0.1, -0.05) is 0 Å². The molecule has 0 spiro atoms. The summed E-state index contributed by atoms with van der Waals surface area (Å²) in [6.07, 6.45) is 4.10. The van der Waals surface area contributed by atoms with Gasteiger partial charge in [-0.05, 0) is 25.9 Å². The second-order valence-corrected chi connectivity index (χ2v) is 3.39. The molecule has 0 bridgehead atoms. The number of hydrogen-bond acceptors (Lipinski definition) is 4. The summed E-state index contributed by atoms with van der Waals surface area (Å²) in [7, 11) is 0. The molecule has 0 amide bonds. The van der Waals surface area contributed by atoms with Gasteiger partial charge in [0.05, 0.1) is 0 Å². The third-order valence-electron chi connectivity index (χ3n) is 2.21. The van der Waals surface area contributed by atoms with Crippen molar-refractivity contribution in [2.24, 2.45) is 0 Å². The average molecular weight is 250 g/mol. The number of ether oxygens (including phenoxy) is 1. The summed E-state index contributed by atoms with van der Waals surface area (Å²) in [6.45, 7) is 3.17. The van der Waals surface area contributed by atoms with Gasteiger partial charge in [-0.25, -0.2) is 9.59 Å². The molecule has 1 heterocycles. The largest absolute Gasteiger partial charge is 0.478 e. The molecule has 1 aliphatic heterocycles. The van der Waals surface area contributed by atoms with Crippen LogP contribution in [0.5, 0.6) is 0 Å². The quantitative estimate of drug-likeness (QED) is 0.574. The number of likely N-dealkylation sites (tertiary alicyclic amines) is 1. The molecule has 1 rings (SSSR count). The van der Waals surface area contributed by atoms with Crippen molar-refractivity contribution < 1.29 is 19.4 Å². The van der Waals surface area contributed by atoms with Gasteiger partial charge in [-0.15, -0.1) is 12.4 Å². The van der Waals surface area contributed by atoms with Gasteiger partial charge in [-0.3, -0.25) is 4.90 Å². The third-order valence-corrected chi connectivity index (χ3v) is 2.21. The molecular weight excluding hydrogens is 234 g/mol. The summed E-state index contributed by atoms with van der Waals surface area (Å²) < 4.78 is 4.82. The molecule has 0 atom stereocenters. The number of carbonyl (C=O) groups is 2. The number of nitrogens with zero attached hydrogens (tertiary/aromatic N) is 1. The van der Waals surface area contributed by atoms with Gasteiger partial charge in [-0.2, -0.15) is 0 Å². The minimum Gasteiger partial charge on any atom is -0.478 e. The fraction of sp³-hybridized carbons (Fsp3) is 0.600. The zero-order valence-corrected chi connectivity index (χ0v) is 9.74. The van der Waals surface area contributed by atoms with Crippen molar-refractivity contribution in [1.29, 1.82) is 0 Å². The Labute approximate surface area is 100 Å². The Bertz CT molecular complexity index is 262. The van der Waals surface area contributed by atoms with Gasteiger partial charge in [0.25, 0.3) is 0 Å². The third kappa shape index (κ3) is 6.42. The van der Waals surface area contributed by atoms with Gasteiger partial charge in [0.2, 0.25) is 0 Å². The molecule has 0 aromatic heterocycles. The van der Waals surface area contributed by atoms with E-state index in [1.165, 1.54) is 12.8 Å². The first-order chi connectivity index (χ1) is 7.18. The molecule has 0 aliphatic carbocycles. The highest BCUT2D eigenvalue weighted by Crippen LogP contribution is 2.05. The van der Waals surface area contributed by atoms with E-state index in [4.69, 9.17) is 9.84 Å². The van der Waals surface area contributed by atoms with Crippen molar-refractivity contribution in [1.82, 2.24) is 4.90 Å². The minimum atomic E-state index is -1.15. The van der Waals surface area contributed by atoms with Gasteiger partial charge in [0, 0.05) is 18.7 Å². The normalized spacial score (nSPS) is 16.0. The van der Waals surface area contributed by atoms with Crippen molar-refractivity contribution >= 4 is 24.3 Å². The van der Waals surface area contributed by atoms with Gasteiger partial charge in [0.15, 0.2) is 0 Å². The summed E-state index contributed by atoms with van der Waals surface area (Å²) >= 11 is 0. The molecule has 1 N–H and O–H groups in total. The first kappa shape index (κ1) is 14.9. The minimum absolute atomic E-state index is 0. The van der Waals surface area contributed by atoms with Crippen molar-refractivity contribution in [3.8, 4) is 0 Å². The molecule has 0 aromatic carbocycles. The van der Waals surface area contributed by atoms with Crippen LogP contribution >= 0.6 is 12.4 Å². The van der Waals surface area contributed by atoms with E-state index in [9.17, 15) is 9.59 Å². The Balaban J connectivity index is 0.00000225. The van der Waals surface area contributed by atoms with Crippen molar-refractivity contribution in [2.45, 2.75) is 12.8 Å². The zero-order valence-electron chi connectivity index (χ0n) is 8.92. The molecule has 1 fully saturated rings. The summed E-state index contributed by atoms with van der Waals surface area (Å²) in [4.78, 5) is 23.2. The summed E-state index contributed by atoms with van der Waals surface area (Å²) in [6, 6.07) is 0. The lowest BCUT2D eigenvalue weighted by molar-refractivity contribution is -0.139. The van der Waals surface area contributed by atoms with E-state index in [-0.39, 0.29) is 12.4 Å². The second kappa shape index (κ2) is 8.13. The highest BCUT2D eigenvalue weighted by atomic mass is 35.5. The maximum absolute atomic E-state index is 10.9. The molecule has 0 saturated carbocycles. The smallest absolute Gasteiger partial charge is 0.331 e. The van der Waals surface area contributed by atoms with E-state index in [0.29, 0.717) is 6.61 Å². The molecule has 5 nitrogen and oxygen atoms in total. The number of hydrogen-bond donors (Lipinski definition) is 1. The summed E-state index contributed by atoms with van der Waals surface area (Å²) in [5.41, 5.74) is 0. The fourth-order valence-electron chi connectivity index (χ4n) is 1.47. The lowest BCUT2D eigenvalue weighted by atomic mass is 10.4. The lowest BCUT2D eigenvalue weighted by Gasteiger charge is -2.13. The number of carboxylic acids is 1. The van der Waals surface area contributed by atoms with E-state index in [0.717, 1.165) is 31.8 Å².